The van der Waals surface area contributed by atoms with Crippen LogP contribution in [0.2, 0.25) is 0 Å². The molecule has 1 N–H and O–H groups in total. The zero-order chi connectivity index (χ0) is 19.3. The molecule has 1 aliphatic rings. The van der Waals surface area contributed by atoms with Gasteiger partial charge < -0.3 is 24.3 Å². The monoisotopic (exact) mass is 398 g/mol. The van der Waals surface area contributed by atoms with Crippen molar-refractivity contribution in [2.24, 2.45) is 0 Å². The second-order valence-electron chi connectivity index (χ2n) is 5.97. The molecule has 7 nitrogen and oxygen atoms in total. The number of esters is 1. The number of ether oxygens (including phenoxy) is 4. The van der Waals surface area contributed by atoms with E-state index >= 15 is 0 Å². The number of hydrogen-bond donors (Lipinski definition) is 1. The smallest absolute Gasteiger partial charge is 0.351 e. The first-order valence-electron chi connectivity index (χ1n) is 8.62. The van der Waals surface area contributed by atoms with Crippen LogP contribution in [0.3, 0.4) is 0 Å². The van der Waals surface area contributed by atoms with E-state index in [0.717, 1.165) is 11.4 Å². The summed E-state index contributed by atoms with van der Waals surface area (Å²) in [6.07, 6.45) is -0.787. The summed E-state index contributed by atoms with van der Waals surface area (Å²) in [5, 5.41) is 5.75. The molecule has 0 bridgehead atoms. The van der Waals surface area contributed by atoms with Gasteiger partial charge >= 0.3 is 5.97 Å². The van der Waals surface area contributed by atoms with Gasteiger partial charge in [0.1, 0.15) is 19.0 Å². The number of aromatic nitrogens is 1. The van der Waals surface area contributed by atoms with Crippen LogP contribution in [0.1, 0.15) is 5.69 Å². The lowest BCUT2D eigenvalue weighted by Crippen LogP contribution is -2.37. The number of nitrogens with one attached hydrogen (secondary N) is 1. The highest BCUT2D eigenvalue weighted by Gasteiger charge is 2.28. The lowest BCUT2D eigenvalue weighted by Gasteiger charge is -2.24. The lowest BCUT2D eigenvalue weighted by molar-refractivity contribution is -0.156. The van der Waals surface area contributed by atoms with Gasteiger partial charge in [0.15, 0.2) is 16.6 Å². The van der Waals surface area contributed by atoms with Crippen molar-refractivity contribution in [2.45, 2.75) is 12.7 Å². The highest BCUT2D eigenvalue weighted by atomic mass is 32.1. The molecule has 0 unspecified atom stereocenters. The maximum Gasteiger partial charge on any atom is 0.351 e. The van der Waals surface area contributed by atoms with Gasteiger partial charge in [-0.2, -0.15) is 0 Å². The normalized spacial score (nSPS) is 15.0. The van der Waals surface area contributed by atoms with Crippen molar-refractivity contribution in [3.8, 4) is 17.2 Å². The van der Waals surface area contributed by atoms with Crippen LogP contribution in [-0.2, 0) is 16.1 Å². The number of para-hydroxylation sites is 2. The van der Waals surface area contributed by atoms with Crippen LogP contribution < -0.4 is 19.5 Å². The van der Waals surface area contributed by atoms with Gasteiger partial charge in [-0.3, -0.25) is 0 Å². The molecule has 0 saturated heterocycles. The number of thiazole rings is 1. The molecule has 0 fully saturated rings. The molecule has 28 heavy (non-hydrogen) atoms. The fourth-order valence-electron chi connectivity index (χ4n) is 2.60. The Morgan fingerprint density at radius 2 is 2.00 bits per heavy atom. The minimum absolute atomic E-state index is 0.0706. The summed E-state index contributed by atoms with van der Waals surface area (Å²) in [5.74, 6) is 1.47. The SMILES string of the molecule is COc1ccc(Nc2nc(COC(=O)[C@H]3COc4ccccc4O3)cs2)cc1. The topological polar surface area (TPSA) is 78.9 Å². The third-order valence-electron chi connectivity index (χ3n) is 4.03. The van der Waals surface area contributed by atoms with Gasteiger partial charge in [-0.25, -0.2) is 9.78 Å². The number of hydrogen-bond acceptors (Lipinski definition) is 8. The van der Waals surface area contributed by atoms with E-state index in [2.05, 4.69) is 10.3 Å². The number of nitrogens with zero attached hydrogens (tertiary/aromatic N) is 1. The molecular weight excluding hydrogens is 380 g/mol. The predicted molar refractivity (Wildman–Crippen MR) is 105 cm³/mol. The minimum atomic E-state index is -0.787. The number of methoxy groups -OCH3 is 1. The van der Waals surface area contributed by atoms with E-state index in [0.29, 0.717) is 22.3 Å². The van der Waals surface area contributed by atoms with E-state index in [4.69, 9.17) is 18.9 Å². The van der Waals surface area contributed by atoms with Crippen LogP contribution >= 0.6 is 11.3 Å². The summed E-state index contributed by atoms with van der Waals surface area (Å²) in [6.45, 7) is 0.193. The molecule has 144 valence electrons. The summed E-state index contributed by atoms with van der Waals surface area (Å²) >= 11 is 1.43. The Labute approximate surface area is 165 Å². The Morgan fingerprint density at radius 3 is 2.79 bits per heavy atom. The molecule has 1 aliphatic heterocycles. The van der Waals surface area contributed by atoms with E-state index in [1.165, 1.54) is 11.3 Å². The average Bonchev–Trinajstić information content (AvgIpc) is 3.19. The first kappa shape index (κ1) is 18.1. The van der Waals surface area contributed by atoms with Crippen molar-refractivity contribution in [1.29, 1.82) is 0 Å². The highest BCUT2D eigenvalue weighted by Crippen LogP contribution is 2.31. The molecule has 2 aromatic carbocycles. The second-order valence-corrected chi connectivity index (χ2v) is 6.83. The van der Waals surface area contributed by atoms with Crippen molar-refractivity contribution in [3.05, 3.63) is 59.6 Å². The third-order valence-corrected chi connectivity index (χ3v) is 4.83. The lowest BCUT2D eigenvalue weighted by atomic mass is 10.2. The summed E-state index contributed by atoms with van der Waals surface area (Å²) < 4.78 is 21.7. The van der Waals surface area contributed by atoms with Crippen LogP contribution in [0.4, 0.5) is 10.8 Å². The number of benzene rings is 2. The zero-order valence-corrected chi connectivity index (χ0v) is 15.9. The number of fused-ring (bicyclic) bond motifs is 1. The molecule has 2 heterocycles. The van der Waals surface area contributed by atoms with Crippen molar-refractivity contribution < 1.29 is 23.7 Å². The van der Waals surface area contributed by atoms with Gasteiger partial charge in [-0.1, -0.05) is 12.1 Å². The predicted octanol–water partition coefficient (Wildman–Crippen LogP) is 3.78. The van der Waals surface area contributed by atoms with Crippen molar-refractivity contribution in [1.82, 2.24) is 4.98 Å². The minimum Gasteiger partial charge on any atom is -0.497 e. The maximum atomic E-state index is 12.3. The molecule has 0 saturated carbocycles. The summed E-state index contributed by atoms with van der Waals surface area (Å²) in [4.78, 5) is 16.7. The van der Waals surface area contributed by atoms with E-state index < -0.39 is 12.1 Å². The van der Waals surface area contributed by atoms with Crippen LogP contribution in [-0.4, -0.2) is 30.8 Å². The average molecular weight is 398 g/mol. The van der Waals surface area contributed by atoms with Crippen molar-refractivity contribution in [3.63, 3.8) is 0 Å². The fraction of sp³-hybridized carbons (Fsp3) is 0.200. The molecule has 3 aromatic rings. The number of carbonyl (C=O) groups excluding carboxylic acids is 1. The Bertz CT molecular complexity index is 957. The third kappa shape index (κ3) is 4.17. The van der Waals surface area contributed by atoms with Gasteiger partial charge in [0.05, 0.1) is 12.8 Å². The Kier molecular flexibility index (Phi) is 5.29. The van der Waals surface area contributed by atoms with Crippen molar-refractivity contribution >= 4 is 28.1 Å². The quantitative estimate of drug-likeness (QED) is 0.633. The van der Waals surface area contributed by atoms with Gasteiger partial charge in [0.25, 0.3) is 0 Å². The molecular formula is C20H18N2O5S. The largest absolute Gasteiger partial charge is 0.497 e. The van der Waals surface area contributed by atoms with Crippen molar-refractivity contribution in [2.75, 3.05) is 19.0 Å². The first-order chi connectivity index (χ1) is 13.7. The molecule has 8 heteroatoms. The molecule has 0 aliphatic carbocycles. The standard InChI is InChI=1S/C20H18N2O5S/c1-24-15-8-6-13(7-9-15)21-20-22-14(12-28-20)10-26-19(23)18-11-25-16-4-2-3-5-17(16)27-18/h2-9,12,18H,10-11H2,1H3,(H,21,22)/t18-/m1/s1. The fourth-order valence-corrected chi connectivity index (χ4v) is 3.32. The van der Waals surface area contributed by atoms with Crippen LogP contribution in [0, 0.1) is 0 Å². The zero-order valence-electron chi connectivity index (χ0n) is 15.1. The van der Waals surface area contributed by atoms with E-state index in [1.807, 2.05) is 41.8 Å². The molecule has 1 atom stereocenters. The Hall–Kier alpha value is -3.26. The summed E-state index contributed by atoms with van der Waals surface area (Å²) in [5.41, 5.74) is 1.55. The summed E-state index contributed by atoms with van der Waals surface area (Å²) in [7, 11) is 1.63. The van der Waals surface area contributed by atoms with Gasteiger partial charge in [0, 0.05) is 11.1 Å². The molecule has 4 rings (SSSR count). The molecule has 1 aromatic heterocycles. The van der Waals surface area contributed by atoms with E-state index in [9.17, 15) is 4.79 Å². The number of rotatable bonds is 6. The van der Waals surface area contributed by atoms with Crippen LogP contribution in [0.25, 0.3) is 0 Å². The second kappa shape index (κ2) is 8.18. The van der Waals surface area contributed by atoms with Crippen LogP contribution in [0.5, 0.6) is 17.2 Å². The molecule has 0 radical (unpaired) electrons. The highest BCUT2D eigenvalue weighted by molar-refractivity contribution is 7.13. The number of anilines is 2. The maximum absolute atomic E-state index is 12.3. The summed E-state index contributed by atoms with van der Waals surface area (Å²) in [6, 6.07) is 14.8. The van der Waals surface area contributed by atoms with E-state index in [1.54, 1.807) is 19.2 Å². The number of carbonyl (C=O) groups is 1. The van der Waals surface area contributed by atoms with Crippen LogP contribution in [0.15, 0.2) is 53.9 Å². The Morgan fingerprint density at radius 1 is 1.21 bits per heavy atom. The van der Waals surface area contributed by atoms with E-state index in [-0.39, 0.29) is 13.2 Å². The molecule has 0 spiro atoms. The van der Waals surface area contributed by atoms with Gasteiger partial charge in [-0.15, -0.1) is 11.3 Å². The first-order valence-corrected chi connectivity index (χ1v) is 9.50. The van der Waals surface area contributed by atoms with Gasteiger partial charge in [0.2, 0.25) is 6.10 Å². The molecule has 0 amide bonds. The van der Waals surface area contributed by atoms with Gasteiger partial charge in [-0.05, 0) is 36.4 Å². The Balaban J connectivity index is 1.30.